The predicted molar refractivity (Wildman–Crippen MR) is 75.5 cm³/mol. The molecule has 2 aromatic carbocycles. The SMILES string of the molecule is Cc1c([S-])[n+](-c2ccccc2)nn1-c1ccccc1. The molecule has 1 heterocycles. The maximum absolute atomic E-state index is 5.48. The highest BCUT2D eigenvalue weighted by Gasteiger charge is 2.17. The summed E-state index contributed by atoms with van der Waals surface area (Å²) < 4.78 is 3.66. The van der Waals surface area contributed by atoms with Crippen LogP contribution < -0.4 is 4.68 Å². The van der Waals surface area contributed by atoms with Crippen LogP contribution in [0.25, 0.3) is 11.4 Å². The average Bonchev–Trinajstić information content (AvgIpc) is 2.77. The minimum absolute atomic E-state index is 0.732. The van der Waals surface area contributed by atoms with Crippen LogP contribution in [0.1, 0.15) is 5.69 Å². The third-order valence-corrected chi connectivity index (χ3v) is 3.47. The molecule has 3 rings (SSSR count). The highest BCUT2D eigenvalue weighted by molar-refractivity contribution is 7.58. The van der Waals surface area contributed by atoms with Crippen molar-refractivity contribution < 1.29 is 4.68 Å². The lowest BCUT2D eigenvalue weighted by atomic mass is 10.3. The van der Waals surface area contributed by atoms with E-state index in [1.807, 2.05) is 72.3 Å². The molecule has 3 aromatic rings. The molecule has 0 amide bonds. The molecule has 0 radical (unpaired) electrons. The summed E-state index contributed by atoms with van der Waals surface area (Å²) in [5.41, 5.74) is 2.95. The van der Waals surface area contributed by atoms with Crippen molar-refractivity contribution in [2.75, 3.05) is 0 Å². The fraction of sp³-hybridized carbons (Fsp3) is 0.0667. The topological polar surface area (TPSA) is 21.7 Å². The molecule has 0 saturated heterocycles. The van der Waals surface area contributed by atoms with Crippen molar-refractivity contribution in [2.45, 2.75) is 11.9 Å². The van der Waals surface area contributed by atoms with Gasteiger partial charge in [-0.3, -0.25) is 0 Å². The Bertz CT molecular complexity index is 630. The Morgan fingerprint density at radius 2 is 1.53 bits per heavy atom. The van der Waals surface area contributed by atoms with Gasteiger partial charge in [-0.25, -0.2) is 0 Å². The number of aromatic nitrogens is 3. The number of hydrogen-bond donors (Lipinski definition) is 0. The summed E-state index contributed by atoms with van der Waals surface area (Å²) in [5, 5.41) is 5.31. The summed E-state index contributed by atoms with van der Waals surface area (Å²) >= 11 is 5.48. The van der Waals surface area contributed by atoms with Crippen LogP contribution in [0.15, 0.2) is 65.7 Å². The highest BCUT2D eigenvalue weighted by Crippen LogP contribution is 2.12. The number of hydrogen-bond acceptors (Lipinski definition) is 2. The van der Waals surface area contributed by atoms with Gasteiger partial charge < -0.3 is 12.6 Å². The molecule has 0 spiro atoms. The van der Waals surface area contributed by atoms with Crippen LogP contribution in [0.5, 0.6) is 0 Å². The standard InChI is InChI=1S/C15H13N3S/c1-12-15(19)18(14-10-6-3-7-11-14)16-17(12)13-8-4-2-5-9-13/h2-11H,1H3. The zero-order valence-electron chi connectivity index (χ0n) is 10.5. The Kier molecular flexibility index (Phi) is 3.01. The lowest BCUT2D eigenvalue weighted by molar-refractivity contribution is -0.696. The van der Waals surface area contributed by atoms with E-state index >= 15 is 0 Å². The highest BCUT2D eigenvalue weighted by atomic mass is 32.1. The molecule has 0 bridgehead atoms. The fourth-order valence-corrected chi connectivity index (χ4v) is 2.22. The van der Waals surface area contributed by atoms with E-state index < -0.39 is 0 Å². The van der Waals surface area contributed by atoms with Gasteiger partial charge in [0.1, 0.15) is 5.21 Å². The molecule has 0 atom stereocenters. The molecule has 94 valence electrons. The maximum Gasteiger partial charge on any atom is 0.155 e. The quantitative estimate of drug-likeness (QED) is 0.525. The van der Waals surface area contributed by atoms with E-state index in [4.69, 9.17) is 12.6 Å². The Balaban J connectivity index is 2.16. The first kappa shape index (κ1) is 11.9. The van der Waals surface area contributed by atoms with Gasteiger partial charge in [0.15, 0.2) is 17.1 Å². The van der Waals surface area contributed by atoms with Gasteiger partial charge in [0.25, 0.3) is 0 Å². The summed E-state index contributed by atoms with van der Waals surface area (Å²) in [6.07, 6.45) is 0. The van der Waals surface area contributed by atoms with Crippen molar-refractivity contribution in [1.29, 1.82) is 0 Å². The Morgan fingerprint density at radius 3 is 2.16 bits per heavy atom. The molecule has 0 fully saturated rings. The van der Waals surface area contributed by atoms with Crippen LogP contribution in [-0.2, 0) is 12.6 Å². The van der Waals surface area contributed by atoms with Crippen LogP contribution in [0.2, 0.25) is 0 Å². The second-order valence-electron chi connectivity index (χ2n) is 4.27. The molecule has 0 aliphatic heterocycles. The predicted octanol–water partition coefficient (Wildman–Crippen LogP) is 2.36. The van der Waals surface area contributed by atoms with Crippen LogP contribution >= 0.6 is 0 Å². The normalized spacial score (nSPS) is 10.6. The van der Waals surface area contributed by atoms with Crippen molar-refractivity contribution in [3.8, 4) is 11.4 Å². The Labute approximate surface area is 117 Å². The summed E-state index contributed by atoms with van der Waals surface area (Å²) in [6.45, 7) is 1.99. The zero-order valence-corrected chi connectivity index (χ0v) is 11.3. The molecule has 0 aliphatic rings. The molecule has 1 aromatic heterocycles. The van der Waals surface area contributed by atoms with Crippen molar-refractivity contribution in [2.24, 2.45) is 0 Å². The zero-order chi connectivity index (χ0) is 13.2. The van der Waals surface area contributed by atoms with Gasteiger partial charge in [-0.15, -0.1) is 9.36 Å². The number of para-hydroxylation sites is 2. The first-order chi connectivity index (χ1) is 9.27. The van der Waals surface area contributed by atoms with Crippen molar-refractivity contribution in [3.05, 3.63) is 66.4 Å². The van der Waals surface area contributed by atoms with Gasteiger partial charge in [0, 0.05) is 6.92 Å². The van der Waals surface area contributed by atoms with Gasteiger partial charge in [-0.2, -0.15) is 0 Å². The number of benzene rings is 2. The van der Waals surface area contributed by atoms with Crippen LogP contribution in [0.3, 0.4) is 0 Å². The van der Waals surface area contributed by atoms with E-state index in [9.17, 15) is 0 Å². The lowest BCUT2D eigenvalue weighted by Crippen LogP contribution is -2.35. The van der Waals surface area contributed by atoms with E-state index in [2.05, 4.69) is 5.21 Å². The molecule has 0 N–H and O–H groups in total. The summed E-state index contributed by atoms with van der Waals surface area (Å²) in [7, 11) is 0. The molecular weight excluding hydrogens is 254 g/mol. The van der Waals surface area contributed by atoms with E-state index in [-0.39, 0.29) is 0 Å². The molecular formula is C15H13N3S. The molecule has 4 heteroatoms. The first-order valence-electron chi connectivity index (χ1n) is 6.07. The summed E-state index contributed by atoms with van der Waals surface area (Å²) in [4.78, 5) is 0. The van der Waals surface area contributed by atoms with Gasteiger partial charge in [-0.1, -0.05) is 36.4 Å². The van der Waals surface area contributed by atoms with Crippen LogP contribution in [0.4, 0.5) is 0 Å². The number of nitrogens with zero attached hydrogens (tertiary/aromatic N) is 3. The third-order valence-electron chi connectivity index (χ3n) is 3.00. The summed E-state index contributed by atoms with van der Waals surface area (Å²) in [5.74, 6) is 0. The number of rotatable bonds is 2. The minimum Gasteiger partial charge on any atom is -0.731 e. The molecule has 3 nitrogen and oxygen atoms in total. The third kappa shape index (κ3) is 2.11. The second kappa shape index (κ2) is 4.82. The fourth-order valence-electron chi connectivity index (χ4n) is 1.99. The molecule has 19 heavy (non-hydrogen) atoms. The minimum atomic E-state index is 0.732. The van der Waals surface area contributed by atoms with Gasteiger partial charge >= 0.3 is 0 Å². The van der Waals surface area contributed by atoms with E-state index in [0.29, 0.717) is 0 Å². The first-order valence-corrected chi connectivity index (χ1v) is 6.48. The summed E-state index contributed by atoms with van der Waals surface area (Å²) in [6, 6.07) is 19.9. The van der Waals surface area contributed by atoms with Gasteiger partial charge in [-0.05, 0) is 24.3 Å². The Morgan fingerprint density at radius 1 is 0.947 bits per heavy atom. The monoisotopic (exact) mass is 267 g/mol. The maximum atomic E-state index is 5.48. The van der Waals surface area contributed by atoms with Gasteiger partial charge in [0.05, 0.1) is 5.03 Å². The van der Waals surface area contributed by atoms with Gasteiger partial charge in [0.2, 0.25) is 0 Å². The largest absolute Gasteiger partial charge is 0.731 e. The van der Waals surface area contributed by atoms with Crippen LogP contribution in [0, 0.1) is 6.92 Å². The molecule has 0 aliphatic carbocycles. The van der Waals surface area contributed by atoms with E-state index in [1.165, 1.54) is 0 Å². The lowest BCUT2D eigenvalue weighted by Gasteiger charge is -2.01. The second-order valence-corrected chi connectivity index (χ2v) is 4.66. The molecule has 0 saturated carbocycles. The van der Waals surface area contributed by atoms with Crippen molar-refractivity contribution >= 4 is 12.6 Å². The Hall–Kier alpha value is -2.20. The smallest absolute Gasteiger partial charge is 0.155 e. The molecule has 0 unspecified atom stereocenters. The van der Waals surface area contributed by atoms with E-state index in [1.54, 1.807) is 4.68 Å². The average molecular weight is 267 g/mol. The van der Waals surface area contributed by atoms with E-state index in [0.717, 1.165) is 22.1 Å². The van der Waals surface area contributed by atoms with Crippen molar-refractivity contribution in [3.63, 3.8) is 0 Å². The van der Waals surface area contributed by atoms with Crippen LogP contribution in [-0.4, -0.2) is 9.90 Å². The van der Waals surface area contributed by atoms with Crippen molar-refractivity contribution in [1.82, 2.24) is 9.90 Å².